The summed E-state index contributed by atoms with van der Waals surface area (Å²) in [7, 11) is 0. The van der Waals surface area contributed by atoms with Crippen LogP contribution in [0.1, 0.15) is 30.1 Å². The van der Waals surface area contributed by atoms with Crippen molar-refractivity contribution in [3.8, 4) is 0 Å². The third-order valence-electron chi connectivity index (χ3n) is 3.29. The number of anilines is 2. The molecule has 0 unspecified atom stereocenters. The van der Waals surface area contributed by atoms with Crippen molar-refractivity contribution in [3.05, 3.63) is 59.1 Å². The number of hydrogen-bond donors (Lipinski definition) is 1. The predicted molar refractivity (Wildman–Crippen MR) is 88.9 cm³/mol. The van der Waals surface area contributed by atoms with Crippen LogP contribution in [0.15, 0.2) is 48.5 Å². The van der Waals surface area contributed by atoms with Crippen LogP contribution in [0.2, 0.25) is 5.02 Å². The van der Waals surface area contributed by atoms with Crippen LogP contribution < -0.4 is 10.6 Å². The first kappa shape index (κ1) is 15.4. The van der Waals surface area contributed by atoms with E-state index < -0.39 is 0 Å². The molecule has 0 aliphatic heterocycles. The van der Waals surface area contributed by atoms with Crippen LogP contribution >= 0.6 is 11.6 Å². The molecule has 0 radical (unpaired) electrons. The monoisotopic (exact) mass is 302 g/mol. The largest absolute Gasteiger partial charge is 0.398 e. The Hall–Kier alpha value is -2.00. The highest BCUT2D eigenvalue weighted by atomic mass is 35.5. The first-order valence-corrected chi connectivity index (χ1v) is 7.43. The van der Waals surface area contributed by atoms with Gasteiger partial charge in [0.2, 0.25) is 0 Å². The van der Waals surface area contributed by atoms with Crippen LogP contribution in [0.5, 0.6) is 0 Å². The molecule has 2 aromatic carbocycles. The van der Waals surface area contributed by atoms with Gasteiger partial charge in [0.1, 0.15) is 0 Å². The number of unbranched alkanes of at least 4 members (excludes halogenated alkanes) is 1. The molecule has 0 fully saturated rings. The average molecular weight is 303 g/mol. The first-order valence-electron chi connectivity index (χ1n) is 7.05. The van der Waals surface area contributed by atoms with Gasteiger partial charge in [-0.3, -0.25) is 4.79 Å². The number of carbonyl (C=O) groups excluding carboxylic acids is 1. The van der Waals surface area contributed by atoms with Gasteiger partial charge in [-0.1, -0.05) is 43.1 Å². The Kier molecular flexibility index (Phi) is 5.23. The van der Waals surface area contributed by atoms with E-state index in [2.05, 4.69) is 6.92 Å². The van der Waals surface area contributed by atoms with Gasteiger partial charge in [0.05, 0.1) is 5.56 Å². The number of carbonyl (C=O) groups is 1. The van der Waals surface area contributed by atoms with Gasteiger partial charge < -0.3 is 10.6 Å². The summed E-state index contributed by atoms with van der Waals surface area (Å²) in [6, 6.07) is 14.6. The second-order valence-electron chi connectivity index (χ2n) is 4.88. The number of amides is 1. The molecular weight excluding hydrogens is 284 g/mol. The highest BCUT2D eigenvalue weighted by molar-refractivity contribution is 6.31. The van der Waals surface area contributed by atoms with Gasteiger partial charge in [0, 0.05) is 22.9 Å². The zero-order valence-electron chi connectivity index (χ0n) is 12.1. The molecule has 0 heterocycles. The molecule has 3 nitrogen and oxygen atoms in total. The van der Waals surface area contributed by atoms with E-state index >= 15 is 0 Å². The molecule has 2 N–H and O–H groups in total. The van der Waals surface area contributed by atoms with Crippen molar-refractivity contribution >= 4 is 28.9 Å². The van der Waals surface area contributed by atoms with E-state index in [1.807, 2.05) is 30.3 Å². The summed E-state index contributed by atoms with van der Waals surface area (Å²) < 4.78 is 0. The summed E-state index contributed by atoms with van der Waals surface area (Å²) >= 11 is 5.90. The highest BCUT2D eigenvalue weighted by Crippen LogP contribution is 2.23. The number of benzene rings is 2. The van der Waals surface area contributed by atoms with E-state index in [0.29, 0.717) is 22.8 Å². The molecular formula is C17H19ClN2O. The maximum absolute atomic E-state index is 12.8. The number of rotatable bonds is 5. The van der Waals surface area contributed by atoms with Crippen molar-refractivity contribution in [1.82, 2.24) is 0 Å². The van der Waals surface area contributed by atoms with E-state index in [1.54, 1.807) is 23.1 Å². The fourth-order valence-corrected chi connectivity index (χ4v) is 2.33. The SMILES string of the molecule is CCCCN(C(=O)c1ccc(Cl)cc1N)c1ccccc1. The smallest absolute Gasteiger partial charge is 0.260 e. The van der Waals surface area contributed by atoms with Crippen LogP contribution in [-0.4, -0.2) is 12.5 Å². The fraction of sp³-hybridized carbons (Fsp3) is 0.235. The van der Waals surface area contributed by atoms with Crippen molar-refractivity contribution in [2.24, 2.45) is 0 Å². The molecule has 0 aliphatic rings. The molecule has 0 aliphatic carbocycles. The predicted octanol–water partition coefficient (Wildman–Crippen LogP) is 4.37. The zero-order valence-corrected chi connectivity index (χ0v) is 12.8. The van der Waals surface area contributed by atoms with E-state index in [9.17, 15) is 4.79 Å². The molecule has 1 amide bonds. The standard InChI is InChI=1S/C17H19ClN2O/c1-2-3-11-20(14-7-5-4-6-8-14)17(21)15-10-9-13(18)12-16(15)19/h4-10,12H,2-3,11,19H2,1H3. The maximum Gasteiger partial charge on any atom is 0.260 e. The third-order valence-corrected chi connectivity index (χ3v) is 3.53. The van der Waals surface area contributed by atoms with Crippen molar-refractivity contribution < 1.29 is 4.79 Å². The van der Waals surface area contributed by atoms with Gasteiger partial charge in [-0.15, -0.1) is 0 Å². The quantitative estimate of drug-likeness (QED) is 0.834. The lowest BCUT2D eigenvalue weighted by molar-refractivity contribution is 0.0987. The minimum atomic E-state index is -0.0937. The molecule has 0 spiro atoms. The minimum Gasteiger partial charge on any atom is -0.398 e. The molecule has 2 aromatic rings. The normalized spacial score (nSPS) is 10.4. The number of halogens is 1. The van der Waals surface area contributed by atoms with Gasteiger partial charge in [-0.25, -0.2) is 0 Å². The molecule has 0 aromatic heterocycles. The van der Waals surface area contributed by atoms with E-state index in [0.717, 1.165) is 18.5 Å². The Bertz CT molecular complexity index is 613. The summed E-state index contributed by atoms with van der Waals surface area (Å²) in [6.07, 6.45) is 1.96. The molecule has 21 heavy (non-hydrogen) atoms. The van der Waals surface area contributed by atoms with Crippen LogP contribution in [-0.2, 0) is 0 Å². The molecule has 4 heteroatoms. The lowest BCUT2D eigenvalue weighted by Gasteiger charge is -2.23. The number of nitrogens with two attached hydrogens (primary N) is 1. The van der Waals surface area contributed by atoms with Gasteiger partial charge in [0.15, 0.2) is 0 Å². The summed E-state index contributed by atoms with van der Waals surface area (Å²) in [5.41, 5.74) is 7.71. The average Bonchev–Trinajstić information content (AvgIpc) is 2.48. The molecule has 110 valence electrons. The Morgan fingerprint density at radius 3 is 2.52 bits per heavy atom. The Balaban J connectivity index is 2.34. The molecule has 0 saturated carbocycles. The topological polar surface area (TPSA) is 46.3 Å². The molecule has 0 atom stereocenters. The van der Waals surface area contributed by atoms with Crippen LogP contribution in [0.4, 0.5) is 11.4 Å². The number of hydrogen-bond acceptors (Lipinski definition) is 2. The van der Waals surface area contributed by atoms with Gasteiger partial charge >= 0.3 is 0 Å². The van der Waals surface area contributed by atoms with Crippen molar-refractivity contribution in [1.29, 1.82) is 0 Å². The highest BCUT2D eigenvalue weighted by Gasteiger charge is 2.19. The summed E-state index contributed by atoms with van der Waals surface area (Å²) in [5, 5.41) is 0.531. The van der Waals surface area contributed by atoms with E-state index in [-0.39, 0.29) is 5.91 Å². The van der Waals surface area contributed by atoms with Gasteiger partial charge in [-0.2, -0.15) is 0 Å². The number of para-hydroxylation sites is 1. The van der Waals surface area contributed by atoms with Crippen molar-refractivity contribution in [3.63, 3.8) is 0 Å². The Morgan fingerprint density at radius 2 is 1.90 bits per heavy atom. The molecule has 2 rings (SSSR count). The van der Waals surface area contributed by atoms with Crippen LogP contribution in [0.3, 0.4) is 0 Å². The number of nitrogen functional groups attached to an aromatic ring is 1. The van der Waals surface area contributed by atoms with Gasteiger partial charge in [0.25, 0.3) is 5.91 Å². The summed E-state index contributed by atoms with van der Waals surface area (Å²) in [5.74, 6) is -0.0937. The van der Waals surface area contributed by atoms with E-state index in [1.165, 1.54) is 0 Å². The van der Waals surface area contributed by atoms with Gasteiger partial charge in [-0.05, 0) is 36.8 Å². The maximum atomic E-state index is 12.8. The minimum absolute atomic E-state index is 0.0937. The summed E-state index contributed by atoms with van der Waals surface area (Å²) in [6.45, 7) is 2.77. The second kappa shape index (κ2) is 7.14. The lowest BCUT2D eigenvalue weighted by Crippen LogP contribution is -2.32. The molecule has 0 saturated heterocycles. The Morgan fingerprint density at radius 1 is 1.19 bits per heavy atom. The second-order valence-corrected chi connectivity index (χ2v) is 5.31. The number of nitrogens with zero attached hydrogens (tertiary/aromatic N) is 1. The fourth-order valence-electron chi connectivity index (χ4n) is 2.15. The van der Waals surface area contributed by atoms with Crippen LogP contribution in [0.25, 0.3) is 0 Å². The van der Waals surface area contributed by atoms with Crippen molar-refractivity contribution in [2.75, 3.05) is 17.2 Å². The Labute approximate surface area is 130 Å². The van der Waals surface area contributed by atoms with Crippen LogP contribution in [0, 0.1) is 0 Å². The first-order chi connectivity index (χ1) is 10.1. The van der Waals surface area contributed by atoms with E-state index in [4.69, 9.17) is 17.3 Å². The van der Waals surface area contributed by atoms with Crippen molar-refractivity contribution in [2.45, 2.75) is 19.8 Å². The summed E-state index contributed by atoms with van der Waals surface area (Å²) in [4.78, 5) is 14.6. The molecule has 0 bridgehead atoms. The lowest BCUT2D eigenvalue weighted by atomic mass is 10.1. The zero-order chi connectivity index (χ0) is 15.2. The third kappa shape index (κ3) is 3.76.